The number of benzene rings is 1. The number of carbonyl (C=O) groups is 1. The fourth-order valence-electron chi connectivity index (χ4n) is 3.79. The quantitative estimate of drug-likeness (QED) is 0.265. The SMILES string of the molecule is CC(C)OC(=O)[C@H](C)NP(=O)(Oc1ccccc1)O[C@@H](C)[C@H]1O[C@@H](n2cc(F)c(N)nc2=O)[C@@](F)(CF)C1O. The van der Waals surface area contributed by atoms with Crippen LogP contribution in [-0.4, -0.2) is 63.4 Å². The number of para-hydroxylation sites is 1. The number of ether oxygens (including phenoxy) is 2. The summed E-state index contributed by atoms with van der Waals surface area (Å²) in [6, 6.07) is 6.48. The minimum absolute atomic E-state index is 0.0642. The summed E-state index contributed by atoms with van der Waals surface area (Å²) in [7, 11) is -4.51. The maximum Gasteiger partial charge on any atom is 0.459 e. The van der Waals surface area contributed by atoms with E-state index in [4.69, 9.17) is 24.3 Å². The van der Waals surface area contributed by atoms with Crippen molar-refractivity contribution in [1.29, 1.82) is 0 Å². The van der Waals surface area contributed by atoms with E-state index in [0.29, 0.717) is 10.8 Å². The zero-order chi connectivity index (χ0) is 29.1. The van der Waals surface area contributed by atoms with E-state index < -0.39 is 80.1 Å². The molecule has 1 aliphatic heterocycles. The number of aliphatic hydroxyl groups excluding tert-OH is 1. The molecule has 0 amide bonds. The van der Waals surface area contributed by atoms with Gasteiger partial charge in [-0.1, -0.05) is 18.2 Å². The van der Waals surface area contributed by atoms with Crippen molar-refractivity contribution in [2.24, 2.45) is 0 Å². The molecule has 3 rings (SSSR count). The van der Waals surface area contributed by atoms with Crippen molar-refractivity contribution >= 4 is 19.5 Å². The normalized spacial score (nSPS) is 26.1. The lowest BCUT2D eigenvalue weighted by Crippen LogP contribution is -2.48. The number of nitrogens with one attached hydrogen (secondary N) is 1. The van der Waals surface area contributed by atoms with Crippen molar-refractivity contribution in [2.75, 3.05) is 12.4 Å². The standard InChI is InChI=1S/C23H30F3N4O8P/c1-12(2)35-20(32)13(3)29-39(34,38-15-8-6-5-7-9-15)37-14(4)17-18(31)23(26,11-24)21(36-17)30-10-16(25)19(27)28-22(30)33/h5-10,12-14,17-18,21,31H,11H2,1-4H3,(H,29,34)(H2,27,28,33)/t13-,14-,17+,18?,21+,23+,39?/m0/s1. The van der Waals surface area contributed by atoms with Gasteiger partial charge in [0.25, 0.3) is 0 Å². The molecule has 12 nitrogen and oxygen atoms in total. The lowest BCUT2D eigenvalue weighted by molar-refractivity contribution is -0.149. The topological polar surface area (TPSA) is 164 Å². The van der Waals surface area contributed by atoms with Crippen LogP contribution in [0.4, 0.5) is 19.0 Å². The van der Waals surface area contributed by atoms with Crippen molar-refractivity contribution in [2.45, 2.75) is 70.0 Å². The molecule has 1 fully saturated rings. The number of aromatic nitrogens is 2. The molecule has 0 radical (unpaired) electrons. The highest BCUT2D eigenvalue weighted by Gasteiger charge is 2.61. The first-order valence-electron chi connectivity index (χ1n) is 11.8. The third-order valence-electron chi connectivity index (χ3n) is 5.68. The van der Waals surface area contributed by atoms with E-state index in [0.717, 1.165) is 0 Å². The maximum absolute atomic E-state index is 15.7. The van der Waals surface area contributed by atoms with Gasteiger partial charge in [0.15, 0.2) is 17.9 Å². The molecule has 1 saturated heterocycles. The van der Waals surface area contributed by atoms with Gasteiger partial charge in [-0.05, 0) is 39.8 Å². The minimum atomic E-state index is -4.51. The number of aliphatic hydroxyl groups is 1. The highest BCUT2D eigenvalue weighted by molar-refractivity contribution is 7.52. The van der Waals surface area contributed by atoms with Crippen molar-refractivity contribution in [3.05, 3.63) is 52.8 Å². The highest BCUT2D eigenvalue weighted by Crippen LogP contribution is 2.50. The molecule has 1 aromatic carbocycles. The van der Waals surface area contributed by atoms with Crippen molar-refractivity contribution in [3.8, 4) is 5.75 Å². The molecule has 7 atom stereocenters. The number of hydrogen-bond acceptors (Lipinski definition) is 10. The van der Waals surface area contributed by atoms with Gasteiger partial charge in [0.1, 0.15) is 30.7 Å². The van der Waals surface area contributed by atoms with Gasteiger partial charge < -0.3 is 24.8 Å². The summed E-state index contributed by atoms with van der Waals surface area (Å²) in [6.07, 6.45) is -7.76. The first-order valence-corrected chi connectivity index (χ1v) is 13.4. The molecule has 2 unspecified atom stereocenters. The first-order chi connectivity index (χ1) is 18.2. The van der Waals surface area contributed by atoms with Crippen LogP contribution in [0.15, 0.2) is 41.3 Å². The van der Waals surface area contributed by atoms with Gasteiger partial charge in [0.2, 0.25) is 5.67 Å². The number of nitrogens with zero attached hydrogens (tertiary/aromatic N) is 2. The second-order valence-corrected chi connectivity index (χ2v) is 10.8. The minimum Gasteiger partial charge on any atom is -0.462 e. The molecule has 0 saturated carbocycles. The highest BCUT2D eigenvalue weighted by atomic mass is 31.2. The summed E-state index contributed by atoms with van der Waals surface area (Å²) in [5, 5.41) is 13.1. The third kappa shape index (κ3) is 6.79. The largest absolute Gasteiger partial charge is 0.462 e. The van der Waals surface area contributed by atoms with E-state index >= 15 is 4.39 Å². The Morgan fingerprint density at radius 1 is 1.31 bits per heavy atom. The Morgan fingerprint density at radius 3 is 2.54 bits per heavy atom. The van der Waals surface area contributed by atoms with Gasteiger partial charge in [-0.15, -0.1) is 0 Å². The number of nitrogens with two attached hydrogens (primary N) is 1. The van der Waals surface area contributed by atoms with Crippen LogP contribution in [0.2, 0.25) is 0 Å². The van der Waals surface area contributed by atoms with Crippen molar-refractivity contribution in [3.63, 3.8) is 0 Å². The number of anilines is 1. The zero-order valence-corrected chi connectivity index (χ0v) is 22.4. The summed E-state index contributed by atoms with van der Waals surface area (Å²) in [6.45, 7) is 3.91. The molecule has 0 aliphatic carbocycles. The Kier molecular flexibility index (Phi) is 9.44. The molecule has 16 heteroatoms. The second kappa shape index (κ2) is 12.0. The Bertz CT molecular complexity index is 1270. The van der Waals surface area contributed by atoms with Crippen LogP contribution in [-0.2, 0) is 23.4 Å². The number of rotatable bonds is 11. The Hall–Kier alpha value is -2.97. The van der Waals surface area contributed by atoms with E-state index in [1.807, 2.05) is 0 Å². The van der Waals surface area contributed by atoms with Gasteiger partial charge in [0, 0.05) is 0 Å². The summed E-state index contributed by atoms with van der Waals surface area (Å²) in [5.74, 6) is -2.71. The molecule has 2 aromatic rings. The molecule has 39 heavy (non-hydrogen) atoms. The van der Waals surface area contributed by atoms with Crippen molar-refractivity contribution < 1.29 is 46.2 Å². The van der Waals surface area contributed by atoms with Crippen LogP contribution in [0, 0.1) is 5.82 Å². The van der Waals surface area contributed by atoms with Crippen LogP contribution in [0.1, 0.15) is 33.9 Å². The number of hydrogen-bond donors (Lipinski definition) is 3. The molecule has 1 aliphatic rings. The van der Waals surface area contributed by atoms with Gasteiger partial charge in [0.05, 0.1) is 18.4 Å². The van der Waals surface area contributed by atoms with E-state index in [1.165, 1.54) is 26.0 Å². The summed E-state index contributed by atoms with van der Waals surface area (Å²) in [4.78, 5) is 27.8. The average molecular weight is 578 g/mol. The molecule has 0 spiro atoms. The van der Waals surface area contributed by atoms with Crippen molar-refractivity contribution in [1.82, 2.24) is 14.6 Å². The predicted molar refractivity (Wildman–Crippen MR) is 132 cm³/mol. The Morgan fingerprint density at radius 2 is 1.95 bits per heavy atom. The number of nitrogen functional groups attached to an aromatic ring is 1. The lowest BCUT2D eigenvalue weighted by atomic mass is 9.95. The number of carbonyl (C=O) groups excluding carboxylic acids is 1. The fourth-order valence-corrected chi connectivity index (χ4v) is 5.49. The molecule has 1 aromatic heterocycles. The van der Waals surface area contributed by atoms with E-state index in [1.54, 1.807) is 32.0 Å². The van der Waals surface area contributed by atoms with Crippen LogP contribution in [0.3, 0.4) is 0 Å². The molecule has 216 valence electrons. The number of alkyl halides is 2. The monoisotopic (exact) mass is 578 g/mol. The number of esters is 1. The maximum atomic E-state index is 15.7. The molecule has 4 N–H and O–H groups in total. The molecule has 2 heterocycles. The predicted octanol–water partition coefficient (Wildman–Crippen LogP) is 2.42. The van der Waals surface area contributed by atoms with Gasteiger partial charge >= 0.3 is 19.4 Å². The van der Waals surface area contributed by atoms with Crippen LogP contribution in [0.5, 0.6) is 5.75 Å². The lowest BCUT2D eigenvalue weighted by Gasteiger charge is -2.29. The summed E-state index contributed by atoms with van der Waals surface area (Å²) < 4.78 is 79.4. The molecule has 0 bridgehead atoms. The first kappa shape index (κ1) is 30.6. The third-order valence-corrected chi connectivity index (χ3v) is 7.45. The summed E-state index contributed by atoms with van der Waals surface area (Å²) in [5.41, 5.74) is 0.717. The van der Waals surface area contributed by atoms with Gasteiger partial charge in [-0.25, -0.2) is 22.5 Å². The van der Waals surface area contributed by atoms with Crippen LogP contribution < -0.4 is 21.0 Å². The average Bonchev–Trinajstić information content (AvgIpc) is 3.12. The van der Waals surface area contributed by atoms with Gasteiger partial charge in [-0.3, -0.25) is 13.9 Å². The molecular formula is C23H30F3N4O8P. The van der Waals surface area contributed by atoms with Crippen LogP contribution >= 0.6 is 7.75 Å². The Labute approximate surface area is 221 Å². The molecular weight excluding hydrogens is 548 g/mol. The number of halogens is 3. The Balaban J connectivity index is 1.91. The second-order valence-electron chi connectivity index (χ2n) is 9.17. The smallest absolute Gasteiger partial charge is 0.459 e. The van der Waals surface area contributed by atoms with E-state index in [9.17, 15) is 28.0 Å². The van der Waals surface area contributed by atoms with E-state index in [-0.39, 0.29) is 5.75 Å². The van der Waals surface area contributed by atoms with Crippen LogP contribution in [0.25, 0.3) is 0 Å². The van der Waals surface area contributed by atoms with Gasteiger partial charge in [-0.2, -0.15) is 10.1 Å². The fraction of sp³-hybridized carbons (Fsp3) is 0.522. The zero-order valence-electron chi connectivity index (χ0n) is 21.5. The van der Waals surface area contributed by atoms with E-state index in [2.05, 4.69) is 10.1 Å². The summed E-state index contributed by atoms with van der Waals surface area (Å²) >= 11 is 0.